The van der Waals surface area contributed by atoms with Crippen LogP contribution in [0.15, 0.2) is 41.2 Å². The first-order valence-electron chi connectivity index (χ1n) is 9.32. The Bertz CT molecular complexity index is 1120. The van der Waals surface area contributed by atoms with Gasteiger partial charge in [0.25, 0.3) is 11.2 Å². The van der Waals surface area contributed by atoms with E-state index in [-0.39, 0.29) is 11.2 Å². The second-order valence-electron chi connectivity index (χ2n) is 7.14. The van der Waals surface area contributed by atoms with Crippen molar-refractivity contribution in [1.82, 2.24) is 14.9 Å². The third kappa shape index (κ3) is 3.94. The van der Waals surface area contributed by atoms with Crippen molar-refractivity contribution in [1.29, 1.82) is 0 Å². The highest BCUT2D eigenvalue weighted by atomic mass is 35.5. The lowest BCUT2D eigenvalue weighted by Crippen LogP contribution is -2.46. The minimum atomic E-state index is -0.433. The molecule has 0 bridgehead atoms. The van der Waals surface area contributed by atoms with E-state index < -0.39 is 4.92 Å². The summed E-state index contributed by atoms with van der Waals surface area (Å²) in [7, 11) is 0. The molecule has 2 heterocycles. The molecule has 9 heteroatoms. The highest BCUT2D eigenvalue weighted by Gasteiger charge is 2.23. The number of piperazine rings is 1. The Hall–Kier alpha value is -2.97. The van der Waals surface area contributed by atoms with Crippen molar-refractivity contribution in [2.45, 2.75) is 13.5 Å². The van der Waals surface area contributed by atoms with Crippen molar-refractivity contribution in [3.8, 4) is 0 Å². The zero-order chi connectivity index (χ0) is 20.5. The zero-order valence-corrected chi connectivity index (χ0v) is 16.6. The minimum absolute atomic E-state index is 0.00113. The lowest BCUT2D eigenvalue weighted by molar-refractivity contribution is -0.384. The van der Waals surface area contributed by atoms with Crippen LogP contribution in [-0.2, 0) is 6.54 Å². The van der Waals surface area contributed by atoms with Gasteiger partial charge in [-0.25, -0.2) is 4.98 Å². The number of halogens is 1. The number of nitrogens with zero attached hydrogens (tertiary/aromatic N) is 4. The zero-order valence-electron chi connectivity index (χ0n) is 15.9. The van der Waals surface area contributed by atoms with E-state index >= 15 is 0 Å². The molecule has 0 radical (unpaired) electrons. The Balaban J connectivity index is 1.47. The Morgan fingerprint density at radius 1 is 1.21 bits per heavy atom. The predicted molar refractivity (Wildman–Crippen MR) is 113 cm³/mol. The number of aromatic amines is 1. The number of H-pyrrole nitrogens is 1. The van der Waals surface area contributed by atoms with Crippen molar-refractivity contribution < 1.29 is 4.92 Å². The van der Waals surface area contributed by atoms with Crippen LogP contribution in [0.5, 0.6) is 0 Å². The molecule has 8 nitrogen and oxygen atoms in total. The van der Waals surface area contributed by atoms with Crippen LogP contribution in [-0.4, -0.2) is 46.0 Å². The summed E-state index contributed by atoms with van der Waals surface area (Å²) in [4.78, 5) is 34.6. The van der Waals surface area contributed by atoms with Gasteiger partial charge < -0.3 is 9.88 Å². The molecule has 1 aliphatic heterocycles. The van der Waals surface area contributed by atoms with Crippen molar-refractivity contribution in [2.24, 2.45) is 0 Å². The number of hydrogen-bond acceptors (Lipinski definition) is 6. The molecule has 0 saturated carbocycles. The third-order valence-corrected chi connectivity index (χ3v) is 5.46. The SMILES string of the molecule is Cc1cc([N+](=O)[O-])cc(Cl)c1N1CCN(Cc2nc3ccccc3c(=O)[nH]2)CC1. The van der Waals surface area contributed by atoms with Crippen LogP contribution in [0.2, 0.25) is 5.02 Å². The second kappa shape index (κ2) is 7.81. The number of anilines is 1. The number of rotatable bonds is 4. The molecule has 0 aliphatic carbocycles. The molecule has 0 unspecified atom stereocenters. The number of non-ortho nitro benzene ring substituents is 1. The Morgan fingerprint density at radius 3 is 2.62 bits per heavy atom. The molecule has 1 aromatic heterocycles. The smallest absolute Gasteiger partial charge is 0.271 e. The first kappa shape index (κ1) is 19.4. The fourth-order valence-electron chi connectivity index (χ4n) is 3.78. The van der Waals surface area contributed by atoms with Crippen LogP contribution in [0.25, 0.3) is 10.9 Å². The highest BCUT2D eigenvalue weighted by Crippen LogP contribution is 2.34. The van der Waals surface area contributed by atoms with Gasteiger partial charge >= 0.3 is 0 Å². The van der Waals surface area contributed by atoms with Crippen molar-refractivity contribution >= 4 is 33.9 Å². The maximum Gasteiger partial charge on any atom is 0.271 e. The number of nitro benzene ring substituents is 1. The van der Waals surface area contributed by atoms with Gasteiger partial charge in [0.05, 0.1) is 33.1 Å². The van der Waals surface area contributed by atoms with E-state index in [2.05, 4.69) is 19.8 Å². The van der Waals surface area contributed by atoms with Crippen molar-refractivity contribution in [2.75, 3.05) is 31.1 Å². The van der Waals surface area contributed by atoms with Crippen LogP contribution in [0.4, 0.5) is 11.4 Å². The molecule has 0 amide bonds. The molecular formula is C20H20ClN5O3. The first-order valence-corrected chi connectivity index (χ1v) is 9.70. The summed E-state index contributed by atoms with van der Waals surface area (Å²) in [5, 5.41) is 12.0. The molecule has 0 spiro atoms. The standard InChI is InChI=1S/C20H20ClN5O3/c1-13-10-14(26(28)29)11-16(21)19(13)25-8-6-24(7-9-25)12-18-22-17-5-3-2-4-15(17)20(27)23-18/h2-5,10-11H,6-9,12H2,1H3,(H,22,23,27). The monoisotopic (exact) mass is 413 g/mol. The molecule has 0 atom stereocenters. The topological polar surface area (TPSA) is 95.4 Å². The van der Waals surface area contributed by atoms with E-state index in [4.69, 9.17) is 11.6 Å². The summed E-state index contributed by atoms with van der Waals surface area (Å²) in [6.45, 7) is 5.39. The van der Waals surface area contributed by atoms with E-state index in [1.807, 2.05) is 25.1 Å². The average Bonchev–Trinajstić information content (AvgIpc) is 2.69. The second-order valence-corrected chi connectivity index (χ2v) is 7.55. The van der Waals surface area contributed by atoms with Gasteiger partial charge in [0.15, 0.2) is 0 Å². The average molecular weight is 414 g/mol. The number of fused-ring (bicyclic) bond motifs is 1. The fourth-order valence-corrected chi connectivity index (χ4v) is 4.16. The molecule has 150 valence electrons. The number of benzene rings is 2. The molecule has 1 fully saturated rings. The normalized spacial score (nSPS) is 15.0. The number of hydrogen-bond donors (Lipinski definition) is 1. The van der Waals surface area contributed by atoms with E-state index in [1.54, 1.807) is 12.1 Å². The van der Waals surface area contributed by atoms with Gasteiger partial charge in [0.2, 0.25) is 0 Å². The summed E-state index contributed by atoms with van der Waals surface area (Å²) in [5.74, 6) is 0.645. The van der Waals surface area contributed by atoms with Gasteiger partial charge in [-0.3, -0.25) is 19.8 Å². The van der Waals surface area contributed by atoms with Gasteiger partial charge in [-0.05, 0) is 24.6 Å². The van der Waals surface area contributed by atoms with E-state index in [9.17, 15) is 14.9 Å². The van der Waals surface area contributed by atoms with Crippen LogP contribution in [0.1, 0.15) is 11.4 Å². The largest absolute Gasteiger partial charge is 0.368 e. The molecule has 1 aliphatic rings. The van der Waals surface area contributed by atoms with E-state index in [0.717, 1.165) is 37.4 Å². The predicted octanol–water partition coefficient (Wildman–Crippen LogP) is 3.12. The lowest BCUT2D eigenvalue weighted by Gasteiger charge is -2.36. The molecule has 29 heavy (non-hydrogen) atoms. The maximum absolute atomic E-state index is 12.2. The summed E-state index contributed by atoms with van der Waals surface area (Å²) in [6, 6.07) is 10.2. The van der Waals surface area contributed by atoms with E-state index in [1.165, 1.54) is 6.07 Å². The van der Waals surface area contributed by atoms with Gasteiger partial charge in [-0.15, -0.1) is 0 Å². The number of aryl methyl sites for hydroxylation is 1. The van der Waals surface area contributed by atoms with E-state index in [0.29, 0.717) is 28.3 Å². The third-order valence-electron chi connectivity index (χ3n) is 5.17. The number of nitrogens with one attached hydrogen (secondary N) is 1. The van der Waals surface area contributed by atoms with Crippen molar-refractivity contribution in [3.63, 3.8) is 0 Å². The molecule has 3 aromatic rings. The summed E-state index contributed by atoms with van der Waals surface area (Å²) >= 11 is 6.34. The van der Waals surface area contributed by atoms with Crippen LogP contribution in [0.3, 0.4) is 0 Å². The maximum atomic E-state index is 12.2. The number of para-hydroxylation sites is 1. The summed E-state index contributed by atoms with van der Waals surface area (Å²) in [6.07, 6.45) is 0. The van der Waals surface area contributed by atoms with Crippen LogP contribution < -0.4 is 10.5 Å². The van der Waals surface area contributed by atoms with Crippen LogP contribution >= 0.6 is 11.6 Å². The van der Waals surface area contributed by atoms with Gasteiger partial charge in [0.1, 0.15) is 5.82 Å². The van der Waals surface area contributed by atoms with Gasteiger partial charge in [0, 0.05) is 38.3 Å². The molecule has 1 N–H and O–H groups in total. The highest BCUT2D eigenvalue weighted by molar-refractivity contribution is 6.33. The molecule has 1 saturated heterocycles. The van der Waals surface area contributed by atoms with Crippen molar-refractivity contribution in [3.05, 3.63) is 73.3 Å². The summed E-state index contributed by atoms with van der Waals surface area (Å²) in [5.41, 5.74) is 2.20. The van der Waals surface area contributed by atoms with Gasteiger partial charge in [-0.1, -0.05) is 23.7 Å². The van der Waals surface area contributed by atoms with Crippen LogP contribution in [0, 0.1) is 17.0 Å². The lowest BCUT2D eigenvalue weighted by atomic mass is 10.1. The first-order chi connectivity index (χ1) is 13.9. The molecule has 2 aromatic carbocycles. The van der Waals surface area contributed by atoms with Gasteiger partial charge in [-0.2, -0.15) is 0 Å². The Morgan fingerprint density at radius 2 is 1.93 bits per heavy atom. The fraction of sp³-hybridized carbons (Fsp3) is 0.300. The summed E-state index contributed by atoms with van der Waals surface area (Å²) < 4.78 is 0. The molecule has 4 rings (SSSR count). The number of nitro groups is 1. The number of aromatic nitrogens is 2. The Kier molecular flexibility index (Phi) is 5.21. The Labute approximate surface area is 171 Å². The quantitative estimate of drug-likeness (QED) is 0.521. The minimum Gasteiger partial charge on any atom is -0.368 e. The molecular weight excluding hydrogens is 394 g/mol.